The van der Waals surface area contributed by atoms with Crippen LogP contribution in [0.25, 0.3) is 10.9 Å². The van der Waals surface area contributed by atoms with Gasteiger partial charge in [0.25, 0.3) is 0 Å². The SMILES string of the molecule is CC(n1ccc2c(B3OC(C)(C)C(C)(C)O3)cc(F)cc21)[SH](=O)=O. The predicted molar refractivity (Wildman–Crippen MR) is 92.6 cm³/mol. The van der Waals surface area contributed by atoms with Gasteiger partial charge in [0.05, 0.1) is 16.7 Å². The molecular formula is C16H21BFNO4S. The van der Waals surface area contributed by atoms with Gasteiger partial charge < -0.3 is 13.9 Å². The van der Waals surface area contributed by atoms with E-state index >= 15 is 0 Å². The summed E-state index contributed by atoms with van der Waals surface area (Å²) >= 11 is 0. The molecule has 1 saturated heterocycles. The first kappa shape index (κ1) is 17.4. The first-order valence-corrected chi connectivity index (χ1v) is 9.07. The maximum Gasteiger partial charge on any atom is 0.495 e. The van der Waals surface area contributed by atoms with E-state index in [1.54, 1.807) is 23.8 Å². The zero-order valence-corrected chi connectivity index (χ0v) is 15.3. The average molecular weight is 353 g/mol. The van der Waals surface area contributed by atoms with Crippen molar-refractivity contribution in [2.75, 3.05) is 0 Å². The Labute approximate surface area is 142 Å². The quantitative estimate of drug-likeness (QED) is 0.679. The number of benzene rings is 1. The lowest BCUT2D eigenvalue weighted by molar-refractivity contribution is 0.00578. The van der Waals surface area contributed by atoms with Crippen molar-refractivity contribution in [3.05, 3.63) is 30.2 Å². The molecule has 1 unspecified atom stereocenters. The Balaban J connectivity index is 2.14. The van der Waals surface area contributed by atoms with Crippen molar-refractivity contribution in [2.24, 2.45) is 0 Å². The standard InChI is InChI=1S/C16H21BFNO4S/c1-10(24(20)21)19-7-6-12-13(8-11(18)9-14(12)19)17-22-15(2,3)16(4,5)23-17/h6-10,24H,1-5H3. The monoisotopic (exact) mass is 353 g/mol. The summed E-state index contributed by atoms with van der Waals surface area (Å²) in [4.78, 5) is 0. The third kappa shape index (κ3) is 2.66. The summed E-state index contributed by atoms with van der Waals surface area (Å²) in [5, 5.41) is -0.0379. The normalized spacial score (nSPS) is 20.9. The van der Waals surface area contributed by atoms with Gasteiger partial charge in [0.1, 0.15) is 11.2 Å². The van der Waals surface area contributed by atoms with Crippen molar-refractivity contribution in [1.29, 1.82) is 0 Å². The van der Waals surface area contributed by atoms with Gasteiger partial charge in [-0.05, 0) is 63.7 Å². The molecule has 8 heteroatoms. The third-order valence-corrected chi connectivity index (χ3v) is 5.91. The van der Waals surface area contributed by atoms with E-state index in [2.05, 4.69) is 0 Å². The highest BCUT2D eigenvalue weighted by Gasteiger charge is 2.52. The topological polar surface area (TPSA) is 57.5 Å². The van der Waals surface area contributed by atoms with Crippen LogP contribution in [0, 0.1) is 5.82 Å². The smallest absolute Gasteiger partial charge is 0.399 e. The lowest BCUT2D eigenvalue weighted by Crippen LogP contribution is -2.41. The molecule has 2 heterocycles. The zero-order chi connectivity index (χ0) is 17.9. The molecule has 1 aliphatic heterocycles. The van der Waals surface area contributed by atoms with Gasteiger partial charge in [0, 0.05) is 6.20 Å². The Morgan fingerprint density at radius 1 is 1.17 bits per heavy atom. The maximum absolute atomic E-state index is 14.2. The van der Waals surface area contributed by atoms with Crippen molar-refractivity contribution >= 4 is 34.2 Å². The first-order chi connectivity index (χ1) is 11.0. The maximum atomic E-state index is 14.2. The fraction of sp³-hybridized carbons (Fsp3) is 0.500. The van der Waals surface area contributed by atoms with Crippen molar-refractivity contribution in [3.8, 4) is 0 Å². The Morgan fingerprint density at radius 2 is 1.75 bits per heavy atom. The van der Waals surface area contributed by atoms with Crippen LogP contribution in [0.3, 0.4) is 0 Å². The molecule has 0 N–H and O–H groups in total. The molecule has 1 fully saturated rings. The van der Waals surface area contributed by atoms with E-state index in [0.717, 1.165) is 5.39 Å². The van der Waals surface area contributed by atoms with Gasteiger partial charge >= 0.3 is 7.12 Å². The minimum absolute atomic E-state index is 0.458. The van der Waals surface area contributed by atoms with E-state index in [9.17, 15) is 12.8 Å². The fourth-order valence-corrected chi connectivity index (χ4v) is 3.25. The molecule has 3 rings (SSSR count). The summed E-state index contributed by atoms with van der Waals surface area (Å²) < 4.78 is 50.4. The summed E-state index contributed by atoms with van der Waals surface area (Å²) in [5.41, 5.74) is -0.00293. The Bertz CT molecular complexity index is 850. The van der Waals surface area contributed by atoms with Gasteiger partial charge in [0.2, 0.25) is 0 Å². The summed E-state index contributed by atoms with van der Waals surface area (Å²) in [6, 6.07) is 4.49. The second-order valence-electron chi connectivity index (χ2n) is 7.16. The lowest BCUT2D eigenvalue weighted by Gasteiger charge is -2.32. The zero-order valence-electron chi connectivity index (χ0n) is 14.4. The molecule has 0 spiro atoms. The van der Waals surface area contributed by atoms with Crippen LogP contribution < -0.4 is 5.46 Å². The number of thiol groups is 1. The molecule has 1 aliphatic rings. The van der Waals surface area contributed by atoms with Crippen LogP contribution in [0.5, 0.6) is 0 Å². The predicted octanol–water partition coefficient (Wildman–Crippen LogP) is 2.21. The van der Waals surface area contributed by atoms with E-state index in [4.69, 9.17) is 9.31 Å². The van der Waals surface area contributed by atoms with Crippen LogP contribution in [-0.2, 0) is 20.0 Å². The molecule has 0 bridgehead atoms. The van der Waals surface area contributed by atoms with Gasteiger partial charge in [0.15, 0.2) is 10.7 Å². The van der Waals surface area contributed by atoms with Crippen LogP contribution in [0.15, 0.2) is 24.4 Å². The second kappa shape index (κ2) is 5.57. The highest BCUT2D eigenvalue weighted by atomic mass is 32.2. The minimum Gasteiger partial charge on any atom is -0.399 e. The van der Waals surface area contributed by atoms with Crippen LogP contribution in [-0.4, -0.2) is 31.3 Å². The van der Waals surface area contributed by atoms with Crippen LogP contribution in [0.1, 0.15) is 40.0 Å². The molecule has 2 aromatic rings. The molecule has 0 amide bonds. The third-order valence-electron chi connectivity index (χ3n) is 5.05. The Hall–Kier alpha value is -1.38. The Morgan fingerprint density at radius 3 is 2.29 bits per heavy atom. The molecule has 5 nitrogen and oxygen atoms in total. The minimum atomic E-state index is -2.67. The van der Waals surface area contributed by atoms with Gasteiger partial charge in [-0.2, -0.15) is 0 Å². The number of nitrogens with zero attached hydrogens (tertiary/aromatic N) is 1. The van der Waals surface area contributed by atoms with E-state index in [0.29, 0.717) is 11.0 Å². The number of rotatable bonds is 3. The fourth-order valence-electron chi connectivity index (χ4n) is 2.85. The van der Waals surface area contributed by atoms with E-state index < -0.39 is 40.2 Å². The molecule has 0 aliphatic carbocycles. The van der Waals surface area contributed by atoms with Gasteiger partial charge in [-0.25, -0.2) is 12.8 Å². The molecule has 130 valence electrons. The second-order valence-corrected chi connectivity index (χ2v) is 8.47. The molecule has 0 saturated carbocycles. The summed E-state index contributed by atoms with van der Waals surface area (Å²) in [6.07, 6.45) is 1.65. The number of aromatic nitrogens is 1. The highest BCUT2D eigenvalue weighted by Crippen LogP contribution is 2.37. The van der Waals surface area contributed by atoms with Crippen LogP contribution in [0.2, 0.25) is 0 Å². The largest absolute Gasteiger partial charge is 0.495 e. The average Bonchev–Trinajstić information content (AvgIpc) is 2.95. The lowest BCUT2D eigenvalue weighted by atomic mass is 9.77. The Kier molecular flexibility index (Phi) is 4.05. The van der Waals surface area contributed by atoms with E-state index in [1.807, 2.05) is 27.7 Å². The van der Waals surface area contributed by atoms with Crippen LogP contribution >= 0.6 is 0 Å². The number of halogens is 1. The first-order valence-electron chi connectivity index (χ1n) is 7.82. The van der Waals surface area contributed by atoms with Gasteiger partial charge in [-0.1, -0.05) is 0 Å². The summed E-state index contributed by atoms with van der Waals surface area (Å²) in [5.74, 6) is -0.458. The van der Waals surface area contributed by atoms with Crippen molar-refractivity contribution in [2.45, 2.75) is 51.2 Å². The highest BCUT2D eigenvalue weighted by molar-refractivity contribution is 7.72. The molecule has 1 atom stereocenters. The van der Waals surface area contributed by atoms with Crippen LogP contribution in [0.4, 0.5) is 4.39 Å². The van der Waals surface area contributed by atoms with Crippen molar-refractivity contribution in [1.82, 2.24) is 4.57 Å². The number of hydrogen-bond acceptors (Lipinski definition) is 4. The summed E-state index contributed by atoms with van der Waals surface area (Å²) in [6.45, 7) is 9.28. The number of hydrogen-bond donors (Lipinski definition) is 1. The molecular weight excluding hydrogens is 332 g/mol. The van der Waals surface area contributed by atoms with Gasteiger partial charge in [-0.3, -0.25) is 0 Å². The van der Waals surface area contributed by atoms with Crippen molar-refractivity contribution < 1.29 is 22.1 Å². The number of fused-ring (bicyclic) bond motifs is 1. The molecule has 0 radical (unpaired) electrons. The summed E-state index contributed by atoms with van der Waals surface area (Å²) in [7, 11) is -3.38. The van der Waals surface area contributed by atoms with E-state index in [1.165, 1.54) is 12.1 Å². The van der Waals surface area contributed by atoms with E-state index in [-0.39, 0.29) is 0 Å². The molecule has 24 heavy (non-hydrogen) atoms. The van der Waals surface area contributed by atoms with Gasteiger partial charge in [-0.15, -0.1) is 0 Å². The van der Waals surface area contributed by atoms with Crippen molar-refractivity contribution in [3.63, 3.8) is 0 Å². The molecule has 1 aromatic heterocycles. The molecule has 1 aromatic carbocycles.